The van der Waals surface area contributed by atoms with E-state index in [-0.39, 0.29) is 17.2 Å². The third-order valence-electron chi connectivity index (χ3n) is 6.87. The van der Waals surface area contributed by atoms with Crippen molar-refractivity contribution in [2.45, 2.75) is 44.1 Å². The molecule has 3 aliphatic rings. The molecule has 1 aliphatic carbocycles. The fourth-order valence-electron chi connectivity index (χ4n) is 5.05. The van der Waals surface area contributed by atoms with Crippen molar-refractivity contribution >= 4 is 11.8 Å². The van der Waals surface area contributed by atoms with Gasteiger partial charge in [-0.25, -0.2) is 0 Å². The Kier molecular flexibility index (Phi) is 4.26. The number of likely N-dealkylation sites (tertiary alicyclic amines) is 2. The van der Waals surface area contributed by atoms with Crippen molar-refractivity contribution in [1.82, 2.24) is 14.8 Å². The molecule has 3 heterocycles. The van der Waals surface area contributed by atoms with Crippen LogP contribution in [-0.2, 0) is 4.79 Å². The first-order valence-corrected chi connectivity index (χ1v) is 10.4. The van der Waals surface area contributed by atoms with Gasteiger partial charge >= 0.3 is 0 Å². The number of aromatic amines is 1. The van der Waals surface area contributed by atoms with E-state index in [4.69, 9.17) is 0 Å². The molecule has 5 heteroatoms. The summed E-state index contributed by atoms with van der Waals surface area (Å²) < 4.78 is 0. The SMILES string of the molecule is O=C(c1cc[nH]c1)N1CCC2(CC1)C[C@H](c1ccccc1)C(=O)N(C1CC1)C2. The number of hydrogen-bond acceptors (Lipinski definition) is 2. The van der Waals surface area contributed by atoms with Gasteiger partial charge < -0.3 is 14.8 Å². The van der Waals surface area contributed by atoms with Crippen LogP contribution < -0.4 is 0 Å². The molecule has 0 bridgehead atoms. The van der Waals surface area contributed by atoms with E-state index < -0.39 is 0 Å². The number of rotatable bonds is 3. The molecule has 5 nitrogen and oxygen atoms in total. The second-order valence-corrected chi connectivity index (χ2v) is 8.76. The van der Waals surface area contributed by atoms with E-state index in [1.54, 1.807) is 12.4 Å². The van der Waals surface area contributed by atoms with Gasteiger partial charge in [-0.15, -0.1) is 0 Å². The maximum Gasteiger partial charge on any atom is 0.255 e. The van der Waals surface area contributed by atoms with Crippen LogP contribution in [0.25, 0.3) is 0 Å². The number of amides is 2. The van der Waals surface area contributed by atoms with E-state index in [2.05, 4.69) is 22.0 Å². The average Bonchev–Trinajstić information content (AvgIpc) is 3.43. The molecule has 5 rings (SSSR count). The van der Waals surface area contributed by atoms with E-state index in [1.165, 1.54) is 0 Å². The summed E-state index contributed by atoms with van der Waals surface area (Å²) in [6.45, 7) is 2.42. The Morgan fingerprint density at radius 3 is 2.46 bits per heavy atom. The van der Waals surface area contributed by atoms with Crippen molar-refractivity contribution in [1.29, 1.82) is 0 Å². The quantitative estimate of drug-likeness (QED) is 0.891. The molecule has 1 N–H and O–H groups in total. The van der Waals surface area contributed by atoms with Crippen LogP contribution in [0.4, 0.5) is 0 Å². The van der Waals surface area contributed by atoms with Crippen molar-refractivity contribution in [2.24, 2.45) is 5.41 Å². The zero-order valence-electron chi connectivity index (χ0n) is 16.1. The summed E-state index contributed by atoms with van der Waals surface area (Å²) in [5.74, 6) is 0.384. The highest BCUT2D eigenvalue weighted by Gasteiger charge is 2.49. The fourth-order valence-corrected chi connectivity index (χ4v) is 5.05. The number of aromatic nitrogens is 1. The van der Waals surface area contributed by atoms with Gasteiger partial charge in [-0.2, -0.15) is 0 Å². The zero-order chi connectivity index (χ0) is 19.1. The minimum atomic E-state index is -0.0394. The van der Waals surface area contributed by atoms with E-state index in [1.807, 2.05) is 29.2 Å². The van der Waals surface area contributed by atoms with Gasteiger partial charge in [-0.05, 0) is 49.1 Å². The molecule has 3 fully saturated rings. The third kappa shape index (κ3) is 3.13. The fraction of sp³-hybridized carbons (Fsp3) is 0.478. The summed E-state index contributed by atoms with van der Waals surface area (Å²) >= 11 is 0. The molecule has 1 atom stereocenters. The number of H-pyrrole nitrogens is 1. The van der Waals surface area contributed by atoms with Gasteiger partial charge in [-0.1, -0.05) is 30.3 Å². The Labute approximate surface area is 165 Å². The Balaban J connectivity index is 1.35. The van der Waals surface area contributed by atoms with Gasteiger partial charge in [0.2, 0.25) is 5.91 Å². The summed E-state index contributed by atoms with van der Waals surface area (Å²) in [5, 5.41) is 0. The second kappa shape index (κ2) is 6.80. The number of hydrogen-bond donors (Lipinski definition) is 1. The largest absolute Gasteiger partial charge is 0.367 e. The van der Waals surface area contributed by atoms with E-state index >= 15 is 0 Å². The lowest BCUT2D eigenvalue weighted by Crippen LogP contribution is -2.55. The highest BCUT2D eigenvalue weighted by molar-refractivity contribution is 5.94. The smallest absolute Gasteiger partial charge is 0.255 e. The Bertz CT molecular complexity index is 849. The van der Waals surface area contributed by atoms with Crippen LogP contribution in [0.3, 0.4) is 0 Å². The molecular weight excluding hydrogens is 350 g/mol. The zero-order valence-corrected chi connectivity index (χ0v) is 16.1. The molecule has 28 heavy (non-hydrogen) atoms. The van der Waals surface area contributed by atoms with Crippen LogP contribution in [-0.4, -0.2) is 52.3 Å². The van der Waals surface area contributed by atoms with Gasteiger partial charge in [0.25, 0.3) is 5.91 Å². The molecule has 2 aliphatic heterocycles. The van der Waals surface area contributed by atoms with Gasteiger partial charge in [0.05, 0.1) is 11.5 Å². The minimum absolute atomic E-state index is 0.0394. The first-order chi connectivity index (χ1) is 13.7. The van der Waals surface area contributed by atoms with Crippen LogP contribution >= 0.6 is 0 Å². The molecule has 0 unspecified atom stereocenters. The monoisotopic (exact) mass is 377 g/mol. The van der Waals surface area contributed by atoms with E-state index in [0.717, 1.165) is 62.9 Å². The van der Waals surface area contributed by atoms with Crippen molar-refractivity contribution in [3.63, 3.8) is 0 Å². The maximum atomic E-state index is 13.2. The van der Waals surface area contributed by atoms with Gasteiger partial charge in [0.15, 0.2) is 0 Å². The summed E-state index contributed by atoms with van der Waals surface area (Å²) in [6, 6.07) is 12.5. The topological polar surface area (TPSA) is 56.4 Å². The lowest BCUT2D eigenvalue weighted by atomic mass is 9.67. The number of nitrogens with one attached hydrogen (secondary N) is 1. The number of carbonyl (C=O) groups excluding carboxylic acids is 2. The lowest BCUT2D eigenvalue weighted by Gasteiger charge is -2.50. The third-order valence-corrected chi connectivity index (χ3v) is 6.87. The molecule has 146 valence electrons. The van der Waals surface area contributed by atoms with Gasteiger partial charge in [0.1, 0.15) is 0 Å². The number of benzene rings is 1. The predicted molar refractivity (Wildman–Crippen MR) is 107 cm³/mol. The van der Waals surface area contributed by atoms with Crippen molar-refractivity contribution in [3.8, 4) is 0 Å². The van der Waals surface area contributed by atoms with E-state index in [0.29, 0.717) is 11.9 Å². The molecule has 2 saturated heterocycles. The van der Waals surface area contributed by atoms with Crippen molar-refractivity contribution < 1.29 is 9.59 Å². The maximum absolute atomic E-state index is 13.2. The normalized spacial score (nSPS) is 24.6. The standard InChI is InChI=1S/C23H27N3O2/c27-21(18-8-11-24-15-18)25-12-9-23(10-13-25)14-20(17-4-2-1-3-5-17)22(28)26(16-23)19-6-7-19/h1-5,8,11,15,19-20,24H,6-7,9-10,12-14,16H2/t20-/m1/s1. The number of carbonyl (C=O) groups is 2. The summed E-state index contributed by atoms with van der Waals surface area (Å²) in [4.78, 5) is 33.0. The van der Waals surface area contributed by atoms with Crippen molar-refractivity contribution in [3.05, 3.63) is 59.9 Å². The van der Waals surface area contributed by atoms with Crippen LogP contribution in [0.2, 0.25) is 0 Å². The van der Waals surface area contributed by atoms with Crippen LogP contribution in [0.5, 0.6) is 0 Å². The summed E-state index contributed by atoms with van der Waals surface area (Å²) in [6.07, 6.45) is 8.70. The Hall–Kier alpha value is -2.56. The van der Waals surface area contributed by atoms with E-state index in [9.17, 15) is 9.59 Å². The highest BCUT2D eigenvalue weighted by Crippen LogP contribution is 2.48. The molecule has 2 aromatic rings. The number of nitrogens with zero attached hydrogens (tertiary/aromatic N) is 2. The van der Waals surface area contributed by atoms with Crippen molar-refractivity contribution in [2.75, 3.05) is 19.6 Å². The average molecular weight is 377 g/mol. The highest BCUT2D eigenvalue weighted by atomic mass is 16.2. The molecule has 1 spiro atoms. The van der Waals surface area contributed by atoms with Gasteiger partial charge in [-0.3, -0.25) is 9.59 Å². The van der Waals surface area contributed by atoms with Crippen LogP contribution in [0.15, 0.2) is 48.8 Å². The molecule has 1 saturated carbocycles. The molecule has 2 amide bonds. The first kappa shape index (κ1) is 17.5. The Morgan fingerprint density at radius 2 is 1.82 bits per heavy atom. The van der Waals surface area contributed by atoms with Crippen LogP contribution in [0.1, 0.15) is 53.9 Å². The predicted octanol–water partition coefficient (Wildman–Crippen LogP) is 3.42. The molecule has 1 aromatic carbocycles. The first-order valence-electron chi connectivity index (χ1n) is 10.4. The minimum Gasteiger partial charge on any atom is -0.367 e. The summed E-state index contributed by atoms with van der Waals surface area (Å²) in [5.41, 5.74) is 2.01. The second-order valence-electron chi connectivity index (χ2n) is 8.76. The van der Waals surface area contributed by atoms with Gasteiger partial charge in [0, 0.05) is 38.1 Å². The lowest BCUT2D eigenvalue weighted by molar-refractivity contribution is -0.142. The summed E-state index contributed by atoms with van der Waals surface area (Å²) in [7, 11) is 0. The molecular formula is C23H27N3O2. The molecule has 0 radical (unpaired) electrons. The Morgan fingerprint density at radius 1 is 1.07 bits per heavy atom. The van der Waals surface area contributed by atoms with Crippen LogP contribution in [0, 0.1) is 5.41 Å². The molecule has 1 aromatic heterocycles. The number of piperidine rings is 2.